The Morgan fingerprint density at radius 1 is 0.674 bits per heavy atom. The number of nitrogens with two attached hydrogens (primary N) is 2. The van der Waals surface area contributed by atoms with Crippen molar-refractivity contribution in [2.45, 2.75) is 187 Å². The zero-order valence-corrected chi connectivity index (χ0v) is 57.8. The van der Waals surface area contributed by atoms with Gasteiger partial charge < -0.3 is 77.2 Å². The molecular weight excluding hydrogens is 1220 g/mol. The molecule has 1 heterocycles. The largest absolute Gasteiger partial charge is 0.497 e. The molecule has 12 atom stereocenters. The van der Waals surface area contributed by atoms with Gasteiger partial charge in [-0.15, -0.1) is 0 Å². The van der Waals surface area contributed by atoms with Crippen molar-refractivity contribution in [3.05, 3.63) is 95.6 Å². The van der Waals surface area contributed by atoms with Gasteiger partial charge in [0.25, 0.3) is 0 Å². The van der Waals surface area contributed by atoms with Gasteiger partial charge in [0.15, 0.2) is 0 Å². The van der Waals surface area contributed by atoms with Gasteiger partial charge in [0, 0.05) is 53.5 Å². The van der Waals surface area contributed by atoms with Crippen LogP contribution in [-0.4, -0.2) is 188 Å². The first-order valence-corrected chi connectivity index (χ1v) is 32.8. The number of carboxylic acids is 1. The lowest BCUT2D eigenvalue weighted by molar-refractivity contribution is -0.148. The molecule has 26 nitrogen and oxygen atoms in total. The van der Waals surface area contributed by atoms with Crippen LogP contribution in [0.2, 0.25) is 0 Å². The summed E-state index contributed by atoms with van der Waals surface area (Å²) in [5, 5.41) is 26.4. The molecule has 0 saturated carbocycles. The third-order valence-corrected chi connectivity index (χ3v) is 17.7. The van der Waals surface area contributed by atoms with Gasteiger partial charge in [0.1, 0.15) is 42.6 Å². The van der Waals surface area contributed by atoms with E-state index in [1.807, 2.05) is 44.2 Å². The number of primary amides is 1. The van der Waals surface area contributed by atoms with Gasteiger partial charge in [-0.25, -0.2) is 14.4 Å². The van der Waals surface area contributed by atoms with Crippen molar-refractivity contribution in [1.82, 2.24) is 41.3 Å². The molecule has 0 spiro atoms. The smallest absolute Gasteiger partial charge is 0.410 e. The van der Waals surface area contributed by atoms with Gasteiger partial charge in [0.05, 0.1) is 49.8 Å². The number of amides is 10. The van der Waals surface area contributed by atoms with Gasteiger partial charge in [-0.2, -0.15) is 0 Å². The zero-order chi connectivity index (χ0) is 70.8. The molecule has 3 aromatic carbocycles. The number of likely N-dealkylation sites (N-methyl/N-ethyl adjacent to an activating group) is 2. The summed E-state index contributed by atoms with van der Waals surface area (Å²) in [4.78, 5) is 140. The summed E-state index contributed by atoms with van der Waals surface area (Å²) < 4.78 is 22.9. The van der Waals surface area contributed by atoms with E-state index >= 15 is 0 Å². The molecule has 0 radical (unpaired) electrons. The Morgan fingerprint density at radius 3 is 1.84 bits per heavy atom. The lowest BCUT2D eigenvalue weighted by Gasteiger charge is -2.41. The van der Waals surface area contributed by atoms with E-state index in [1.165, 1.54) is 31.1 Å². The van der Waals surface area contributed by atoms with E-state index in [-0.39, 0.29) is 50.7 Å². The predicted octanol–water partition coefficient (Wildman–Crippen LogP) is 5.13. The molecule has 1 fully saturated rings. The first-order valence-electron chi connectivity index (χ1n) is 32.8. The number of carbonyl (C=O) groups excluding carboxylic acids is 9. The van der Waals surface area contributed by atoms with Crippen LogP contribution in [0.4, 0.5) is 15.3 Å². The van der Waals surface area contributed by atoms with Crippen LogP contribution < -0.4 is 48.1 Å². The van der Waals surface area contributed by atoms with Crippen LogP contribution in [0.3, 0.4) is 0 Å². The average molecular weight is 1330 g/mol. The van der Waals surface area contributed by atoms with Crippen molar-refractivity contribution in [2.75, 3.05) is 53.8 Å². The molecule has 0 bridgehead atoms. The molecule has 1 aliphatic rings. The number of nitrogens with one attached hydrogen (secondary N) is 6. The molecule has 1 aliphatic heterocycles. The van der Waals surface area contributed by atoms with E-state index in [0.717, 1.165) is 11.1 Å². The van der Waals surface area contributed by atoms with E-state index in [4.69, 9.17) is 30.4 Å². The summed E-state index contributed by atoms with van der Waals surface area (Å²) >= 11 is 0. The SMILES string of the molecule is CC[C@H](C)[C@@H]([C@@H](CC(=O)N1CCC[C@H]1[C@H](OC)[C@@H](C)C(=O)N[C@@H](Cc1ccccc1)C(=O)O)OC)N(C)C(=O)[C@@H](NC(=O)[C@H](C(C)C)N(C)C(=O)OCc1ccc(NC(=O)[C@H](CCCNC(N)=O)NC(=O)[C@@H](NC(=O)[C@@H](N)CCc2ccc(OC)cc2)C(C)C)cc1)C(C)C. The highest BCUT2D eigenvalue weighted by atomic mass is 16.6. The number of urea groups is 1. The lowest BCUT2D eigenvalue weighted by atomic mass is 9.89. The summed E-state index contributed by atoms with van der Waals surface area (Å²) in [7, 11) is 7.55. The minimum Gasteiger partial charge on any atom is -0.497 e. The zero-order valence-electron chi connectivity index (χ0n) is 57.8. The number of carbonyl (C=O) groups is 10. The Labute approximate surface area is 559 Å². The van der Waals surface area contributed by atoms with Crippen molar-refractivity contribution >= 4 is 65.1 Å². The van der Waals surface area contributed by atoms with Crippen LogP contribution >= 0.6 is 0 Å². The molecule has 526 valence electrons. The number of likely N-dealkylation sites (tertiary alicyclic amines) is 1. The highest BCUT2D eigenvalue weighted by molar-refractivity contribution is 5.99. The summed E-state index contributed by atoms with van der Waals surface area (Å²) in [6.45, 7) is 16.4. The molecule has 11 N–H and O–H groups in total. The van der Waals surface area contributed by atoms with E-state index < -0.39 is 138 Å². The maximum absolute atomic E-state index is 14.8. The molecule has 10 amide bonds. The standard InChI is InChI=1S/C69H105N11O15/c1-15-43(8)59(54(93-13)38-55(81)80-36-20-24-53(80)60(94-14)44(9)61(82)75-52(67(88)89)37-46-21-17-16-18-22-46)78(10)66(87)57(41(4)5)77-65(86)58(42(6)7)79(11)69(91)95-39-47-25-30-48(31-26-47)73-63(84)51(23-19-35-72-68(71)90)74-64(85)56(40(2)3)76-62(83)50(70)34-29-45-27-32-49(92-12)33-28-45/h16-18,21-22,25-28,30-33,40-44,50-54,56-60H,15,19-20,23-24,29,34-39,70H2,1-14H3,(H,73,84)(H,74,85)(H,75,82)(H,76,83)(H,77,86)(H,88,89)(H3,71,72,90)/t43-,44+,50-,51-,52-,53-,54+,56-,57-,58-,59-,60+/m0/s1. The van der Waals surface area contributed by atoms with Gasteiger partial charge in [-0.05, 0) is 103 Å². The molecule has 1 saturated heterocycles. The van der Waals surface area contributed by atoms with E-state index in [0.29, 0.717) is 55.6 Å². The van der Waals surface area contributed by atoms with Crippen LogP contribution in [-0.2, 0) is 72.0 Å². The van der Waals surface area contributed by atoms with Crippen LogP contribution in [0.25, 0.3) is 0 Å². The number of anilines is 1. The Bertz CT molecular complexity index is 2990. The van der Waals surface area contributed by atoms with Crippen molar-refractivity contribution in [3.8, 4) is 5.75 Å². The molecular formula is C69H105N11O15. The van der Waals surface area contributed by atoms with Gasteiger partial charge in [-0.3, -0.25) is 38.5 Å². The summed E-state index contributed by atoms with van der Waals surface area (Å²) in [5.74, 6) is -6.41. The normalized spacial score (nSPS) is 16.5. The highest BCUT2D eigenvalue weighted by Gasteiger charge is 2.44. The Morgan fingerprint density at radius 2 is 1.28 bits per heavy atom. The monoisotopic (exact) mass is 1330 g/mol. The molecule has 0 aliphatic carbocycles. The van der Waals surface area contributed by atoms with Crippen molar-refractivity contribution in [1.29, 1.82) is 0 Å². The van der Waals surface area contributed by atoms with E-state index in [9.17, 15) is 53.1 Å². The molecule has 95 heavy (non-hydrogen) atoms. The first kappa shape index (κ1) is 79.1. The maximum atomic E-state index is 14.8. The number of aryl methyl sites for hydroxylation is 1. The lowest BCUT2D eigenvalue weighted by Crippen LogP contribution is -2.60. The second-order valence-electron chi connectivity index (χ2n) is 25.7. The topological polar surface area (TPSA) is 362 Å². The third kappa shape index (κ3) is 23.8. The second kappa shape index (κ2) is 38.9. The number of aliphatic carboxylic acids is 1. The number of carboxylic acid groups (broad SMARTS) is 1. The van der Waals surface area contributed by atoms with Gasteiger partial charge in [0.2, 0.25) is 41.4 Å². The number of benzene rings is 3. The number of nitrogens with zero attached hydrogens (tertiary/aromatic N) is 3. The van der Waals surface area contributed by atoms with Gasteiger partial charge in [-0.1, -0.05) is 123 Å². The summed E-state index contributed by atoms with van der Waals surface area (Å²) in [6, 6.07) is 14.3. The number of methoxy groups -OCH3 is 3. The van der Waals surface area contributed by atoms with Crippen LogP contribution in [0.15, 0.2) is 78.9 Å². The number of hydrogen-bond donors (Lipinski definition) is 9. The fourth-order valence-electron chi connectivity index (χ4n) is 11.9. The molecule has 0 unspecified atom stereocenters. The average Bonchev–Trinajstić information content (AvgIpc) is 1.82. The fourth-order valence-corrected chi connectivity index (χ4v) is 11.9. The van der Waals surface area contributed by atoms with Crippen molar-refractivity contribution < 1.29 is 72.0 Å². The Kier molecular flexibility index (Phi) is 32.4. The maximum Gasteiger partial charge on any atom is 0.410 e. The molecule has 3 aromatic rings. The van der Waals surface area contributed by atoms with Crippen molar-refractivity contribution in [2.24, 2.45) is 41.1 Å². The van der Waals surface area contributed by atoms with Crippen LogP contribution in [0.1, 0.15) is 124 Å². The quantitative estimate of drug-likeness (QED) is 0.0336. The number of hydrogen-bond acceptors (Lipinski definition) is 15. The van der Waals surface area contributed by atoms with Gasteiger partial charge >= 0.3 is 18.1 Å². The molecule has 4 rings (SSSR count). The molecule has 0 aromatic heterocycles. The predicted molar refractivity (Wildman–Crippen MR) is 359 cm³/mol. The number of ether oxygens (including phenoxy) is 4. The molecule has 26 heteroatoms. The minimum atomic E-state index is -1.19. The second-order valence-corrected chi connectivity index (χ2v) is 25.7. The van der Waals surface area contributed by atoms with Crippen molar-refractivity contribution in [3.63, 3.8) is 0 Å². The first-order chi connectivity index (χ1) is 45.0. The third-order valence-electron chi connectivity index (χ3n) is 17.7. The van der Waals surface area contributed by atoms with Crippen LogP contribution in [0, 0.1) is 29.6 Å². The highest BCUT2D eigenvalue weighted by Crippen LogP contribution is 2.30. The minimum absolute atomic E-state index is 0.0778. The van der Waals surface area contributed by atoms with Crippen LogP contribution in [0.5, 0.6) is 5.75 Å². The Balaban J connectivity index is 1.40. The Hall–Kier alpha value is -8.36. The summed E-state index contributed by atoms with van der Waals surface area (Å²) in [6.07, 6.45) is 0.428. The summed E-state index contributed by atoms with van der Waals surface area (Å²) in [5.41, 5.74) is 14.1. The fraction of sp³-hybridized carbons (Fsp3) is 0.594. The van der Waals surface area contributed by atoms with E-state index in [1.54, 1.807) is 116 Å². The van der Waals surface area contributed by atoms with E-state index in [2.05, 4.69) is 31.9 Å². The number of rotatable bonds is 38.